The number of amides is 1. The zero-order valence-electron chi connectivity index (χ0n) is 14.8. The lowest BCUT2D eigenvalue weighted by atomic mass is 10.1. The fraction of sp³-hybridized carbons (Fsp3) is 0.190. The van der Waals surface area contributed by atoms with Crippen LogP contribution < -0.4 is 10.7 Å². The summed E-state index contributed by atoms with van der Waals surface area (Å²) in [7, 11) is 0. The lowest BCUT2D eigenvalue weighted by Crippen LogP contribution is -2.34. The van der Waals surface area contributed by atoms with E-state index in [0.29, 0.717) is 5.69 Å². The summed E-state index contributed by atoms with van der Waals surface area (Å²) >= 11 is 0. The number of nitrogens with one attached hydrogen (secondary N) is 1. The van der Waals surface area contributed by atoms with Gasteiger partial charge < -0.3 is 5.32 Å². The van der Waals surface area contributed by atoms with Gasteiger partial charge in [-0.1, -0.05) is 36.4 Å². The van der Waals surface area contributed by atoms with E-state index >= 15 is 0 Å². The second-order valence-corrected chi connectivity index (χ2v) is 6.63. The third-order valence-electron chi connectivity index (χ3n) is 4.84. The Labute approximate surface area is 155 Å². The Bertz CT molecular complexity index is 1090. The molecule has 1 unspecified atom stereocenters. The quantitative estimate of drug-likeness (QED) is 0.778. The molecular formula is C21H18FN3O2. The molecule has 1 amide bonds. The predicted octanol–water partition coefficient (Wildman–Crippen LogP) is 3.10. The number of halogens is 1. The van der Waals surface area contributed by atoms with Crippen molar-refractivity contribution in [2.24, 2.45) is 0 Å². The Balaban J connectivity index is 1.68. The van der Waals surface area contributed by atoms with Gasteiger partial charge in [0.15, 0.2) is 5.69 Å². The zero-order valence-corrected chi connectivity index (χ0v) is 14.8. The van der Waals surface area contributed by atoms with Crippen molar-refractivity contribution in [2.45, 2.75) is 25.8 Å². The SMILES string of the molecule is Cc1cc(=O)c(C(=O)NC2CCc3ccccc32)nn1-c1ccccc1F. The third kappa shape index (κ3) is 3.14. The number of para-hydroxylation sites is 1. The summed E-state index contributed by atoms with van der Waals surface area (Å²) in [5.74, 6) is -1.03. The number of hydrogen-bond acceptors (Lipinski definition) is 3. The van der Waals surface area contributed by atoms with Gasteiger partial charge in [0, 0.05) is 11.8 Å². The standard InChI is InChI=1S/C21H18FN3O2/c1-13-12-19(26)20(24-25(13)18-9-5-4-8-16(18)22)21(27)23-17-11-10-14-6-2-3-7-15(14)17/h2-9,12,17H,10-11H2,1H3,(H,23,27). The molecule has 1 N–H and O–H groups in total. The van der Waals surface area contributed by atoms with Crippen molar-refractivity contribution >= 4 is 5.91 Å². The number of carbonyl (C=O) groups is 1. The highest BCUT2D eigenvalue weighted by molar-refractivity contribution is 5.92. The summed E-state index contributed by atoms with van der Waals surface area (Å²) in [5.41, 5.74) is 2.18. The molecule has 3 aromatic rings. The lowest BCUT2D eigenvalue weighted by molar-refractivity contribution is 0.0928. The van der Waals surface area contributed by atoms with Crippen LogP contribution in [0.3, 0.4) is 0 Å². The molecule has 5 nitrogen and oxygen atoms in total. The van der Waals surface area contributed by atoms with E-state index in [2.05, 4.69) is 10.4 Å². The van der Waals surface area contributed by atoms with Crippen LogP contribution in [0.5, 0.6) is 0 Å². The van der Waals surface area contributed by atoms with Crippen LogP contribution in [0.25, 0.3) is 5.69 Å². The Hall–Kier alpha value is -3.28. The fourth-order valence-electron chi connectivity index (χ4n) is 3.51. The highest BCUT2D eigenvalue weighted by Gasteiger charge is 2.25. The smallest absolute Gasteiger partial charge is 0.276 e. The molecule has 0 bridgehead atoms. The number of benzene rings is 2. The molecule has 0 saturated carbocycles. The Morgan fingerprint density at radius 2 is 1.93 bits per heavy atom. The summed E-state index contributed by atoms with van der Waals surface area (Å²) in [5, 5.41) is 7.05. The number of nitrogens with zero attached hydrogens (tertiary/aromatic N) is 2. The van der Waals surface area contributed by atoms with Crippen LogP contribution in [0.1, 0.15) is 39.8 Å². The highest BCUT2D eigenvalue weighted by Crippen LogP contribution is 2.30. The van der Waals surface area contributed by atoms with Crippen LogP contribution in [-0.4, -0.2) is 15.7 Å². The van der Waals surface area contributed by atoms with Crippen molar-refractivity contribution in [3.63, 3.8) is 0 Å². The van der Waals surface area contributed by atoms with Crippen LogP contribution in [0.2, 0.25) is 0 Å². The second kappa shape index (κ2) is 6.79. The Morgan fingerprint density at radius 3 is 2.74 bits per heavy atom. The summed E-state index contributed by atoms with van der Waals surface area (Å²) in [4.78, 5) is 25.1. The number of fused-ring (bicyclic) bond motifs is 1. The molecule has 2 aromatic carbocycles. The minimum atomic E-state index is -0.549. The van der Waals surface area contributed by atoms with Gasteiger partial charge >= 0.3 is 0 Å². The second-order valence-electron chi connectivity index (χ2n) is 6.63. The highest BCUT2D eigenvalue weighted by atomic mass is 19.1. The maximum atomic E-state index is 14.1. The number of hydrogen-bond donors (Lipinski definition) is 1. The minimum absolute atomic E-state index is 0.155. The molecule has 136 valence electrons. The van der Waals surface area contributed by atoms with Crippen LogP contribution in [-0.2, 0) is 6.42 Å². The van der Waals surface area contributed by atoms with Crippen molar-refractivity contribution in [1.29, 1.82) is 0 Å². The summed E-state index contributed by atoms with van der Waals surface area (Å²) in [6.45, 7) is 1.65. The molecule has 0 fully saturated rings. The molecule has 4 rings (SSSR count). The third-order valence-corrected chi connectivity index (χ3v) is 4.84. The first-order valence-corrected chi connectivity index (χ1v) is 8.79. The van der Waals surface area contributed by atoms with E-state index in [-0.39, 0.29) is 17.4 Å². The van der Waals surface area contributed by atoms with Crippen molar-refractivity contribution in [2.75, 3.05) is 0 Å². The van der Waals surface area contributed by atoms with Gasteiger partial charge in [-0.25, -0.2) is 9.07 Å². The fourth-order valence-corrected chi connectivity index (χ4v) is 3.51. The van der Waals surface area contributed by atoms with Crippen molar-refractivity contribution in [1.82, 2.24) is 15.1 Å². The van der Waals surface area contributed by atoms with E-state index in [1.54, 1.807) is 25.1 Å². The molecule has 1 atom stereocenters. The number of aryl methyl sites for hydroxylation is 2. The van der Waals surface area contributed by atoms with Gasteiger partial charge in [-0.05, 0) is 43.0 Å². The maximum Gasteiger partial charge on any atom is 0.276 e. The van der Waals surface area contributed by atoms with Gasteiger partial charge in [-0.2, -0.15) is 5.10 Å². The summed E-state index contributed by atoms with van der Waals surface area (Å²) in [6.07, 6.45) is 1.65. The monoisotopic (exact) mass is 363 g/mol. The number of rotatable bonds is 3. The molecule has 27 heavy (non-hydrogen) atoms. The first kappa shape index (κ1) is 17.1. The topological polar surface area (TPSA) is 64.0 Å². The lowest BCUT2D eigenvalue weighted by Gasteiger charge is -2.15. The normalized spacial score (nSPS) is 15.4. The van der Waals surface area contributed by atoms with Crippen LogP contribution in [0, 0.1) is 12.7 Å². The molecule has 1 heterocycles. The van der Waals surface area contributed by atoms with Gasteiger partial charge in [-0.15, -0.1) is 0 Å². The molecule has 1 aromatic heterocycles. The van der Waals surface area contributed by atoms with Crippen molar-refractivity contribution in [3.8, 4) is 5.69 Å². The molecule has 0 radical (unpaired) electrons. The van der Waals surface area contributed by atoms with E-state index in [1.807, 2.05) is 24.3 Å². The van der Waals surface area contributed by atoms with Crippen LogP contribution in [0.4, 0.5) is 4.39 Å². The largest absolute Gasteiger partial charge is 0.344 e. The number of aromatic nitrogens is 2. The first-order chi connectivity index (χ1) is 13.0. The van der Waals surface area contributed by atoms with Gasteiger partial charge in [0.2, 0.25) is 5.43 Å². The summed E-state index contributed by atoms with van der Waals surface area (Å²) < 4.78 is 15.4. The molecule has 0 saturated heterocycles. The predicted molar refractivity (Wildman–Crippen MR) is 99.5 cm³/mol. The minimum Gasteiger partial charge on any atom is -0.344 e. The zero-order chi connectivity index (χ0) is 19.0. The average molecular weight is 363 g/mol. The van der Waals surface area contributed by atoms with E-state index in [4.69, 9.17) is 0 Å². The molecule has 1 aliphatic carbocycles. The first-order valence-electron chi connectivity index (χ1n) is 8.79. The van der Waals surface area contributed by atoms with E-state index < -0.39 is 17.2 Å². The van der Waals surface area contributed by atoms with E-state index in [1.165, 1.54) is 22.4 Å². The van der Waals surface area contributed by atoms with Crippen LogP contribution in [0.15, 0.2) is 59.4 Å². The molecule has 6 heteroatoms. The van der Waals surface area contributed by atoms with Crippen LogP contribution >= 0.6 is 0 Å². The van der Waals surface area contributed by atoms with Gasteiger partial charge in [0.1, 0.15) is 11.5 Å². The van der Waals surface area contributed by atoms with Crippen molar-refractivity contribution < 1.29 is 9.18 Å². The molecule has 0 spiro atoms. The summed E-state index contributed by atoms with van der Waals surface area (Å²) in [6, 6.07) is 15.2. The van der Waals surface area contributed by atoms with E-state index in [9.17, 15) is 14.0 Å². The Morgan fingerprint density at radius 1 is 1.19 bits per heavy atom. The van der Waals surface area contributed by atoms with Gasteiger partial charge in [0.05, 0.1) is 6.04 Å². The molecular weight excluding hydrogens is 345 g/mol. The maximum absolute atomic E-state index is 14.1. The average Bonchev–Trinajstić information content (AvgIpc) is 3.06. The van der Waals surface area contributed by atoms with Crippen molar-refractivity contribution in [3.05, 3.63) is 93.2 Å². The van der Waals surface area contributed by atoms with Gasteiger partial charge in [-0.3, -0.25) is 9.59 Å². The van der Waals surface area contributed by atoms with Gasteiger partial charge in [0.25, 0.3) is 5.91 Å². The number of carbonyl (C=O) groups excluding carboxylic acids is 1. The Kier molecular flexibility index (Phi) is 4.32. The molecule has 1 aliphatic rings. The van der Waals surface area contributed by atoms with E-state index in [0.717, 1.165) is 18.4 Å². The molecule has 0 aliphatic heterocycles.